The summed E-state index contributed by atoms with van der Waals surface area (Å²) in [5.41, 5.74) is 0. The van der Waals surface area contributed by atoms with Crippen molar-refractivity contribution >= 4 is 11.3 Å². The Balaban J connectivity index is 0.000000640. The van der Waals surface area contributed by atoms with E-state index in [4.69, 9.17) is 0 Å². The number of hydrogen-bond acceptors (Lipinski definition) is 1. The first kappa shape index (κ1) is 5.83. The third-order valence-electron chi connectivity index (χ3n) is 1.00. The molecule has 0 aliphatic rings. The first-order chi connectivity index (χ1) is 3.93. The van der Waals surface area contributed by atoms with E-state index in [1.54, 1.807) is 0 Å². The van der Waals surface area contributed by atoms with Crippen molar-refractivity contribution in [3.63, 3.8) is 0 Å². The van der Waals surface area contributed by atoms with Gasteiger partial charge in [0.15, 0.2) is 0 Å². The zero-order valence-corrected chi connectivity index (χ0v) is 5.58. The Morgan fingerprint density at radius 2 is 2.62 bits per heavy atom. The van der Waals surface area contributed by atoms with Crippen molar-refractivity contribution in [1.82, 2.24) is 0 Å². The number of hydrogen-bond donors (Lipinski definition) is 0. The first-order valence-electron chi connectivity index (χ1n) is 2.75. The Bertz CT molecular complexity index is 135. The van der Waals surface area contributed by atoms with Gasteiger partial charge in [-0.3, -0.25) is 0 Å². The monoisotopic (exact) mass is 126 g/mol. The minimum absolute atomic E-state index is 0. The molecule has 0 amide bonds. The Hall–Kier alpha value is -0.300. The molecule has 0 saturated carbocycles. The summed E-state index contributed by atoms with van der Waals surface area (Å²) in [6.45, 7) is 3.77. The minimum Gasteiger partial charge on any atom is -0.149 e. The van der Waals surface area contributed by atoms with Crippen molar-refractivity contribution < 1.29 is 1.43 Å². The van der Waals surface area contributed by atoms with E-state index in [-0.39, 0.29) is 1.43 Å². The lowest BCUT2D eigenvalue weighted by Gasteiger charge is -1.85. The van der Waals surface area contributed by atoms with Crippen molar-refractivity contribution in [1.29, 1.82) is 0 Å². The van der Waals surface area contributed by atoms with Gasteiger partial charge in [0.2, 0.25) is 0 Å². The summed E-state index contributed by atoms with van der Waals surface area (Å²) in [7, 11) is 0. The summed E-state index contributed by atoms with van der Waals surface area (Å²) in [4.78, 5) is 1.44. The van der Waals surface area contributed by atoms with E-state index < -0.39 is 0 Å². The van der Waals surface area contributed by atoms with Gasteiger partial charge >= 0.3 is 1.43 Å². The van der Waals surface area contributed by atoms with Crippen LogP contribution in [0.15, 0.2) is 17.5 Å². The SMILES string of the molecule is [CH2]CCc1cccs1.[H+]. The van der Waals surface area contributed by atoms with Gasteiger partial charge in [-0.15, -0.1) is 11.3 Å². The number of rotatable bonds is 2. The van der Waals surface area contributed by atoms with Crippen LogP contribution >= 0.6 is 11.3 Å². The van der Waals surface area contributed by atoms with Crippen LogP contribution in [0.25, 0.3) is 0 Å². The summed E-state index contributed by atoms with van der Waals surface area (Å²) < 4.78 is 0. The van der Waals surface area contributed by atoms with E-state index in [0.717, 1.165) is 12.8 Å². The maximum Gasteiger partial charge on any atom is 1.00 e. The van der Waals surface area contributed by atoms with E-state index in [0.29, 0.717) is 0 Å². The summed E-state index contributed by atoms with van der Waals surface area (Å²) in [6, 6.07) is 4.23. The maximum absolute atomic E-state index is 3.77. The van der Waals surface area contributed by atoms with E-state index >= 15 is 0 Å². The second kappa shape index (κ2) is 2.88. The molecule has 0 saturated heterocycles. The van der Waals surface area contributed by atoms with Gasteiger partial charge in [-0.05, 0) is 24.3 Å². The topological polar surface area (TPSA) is 0 Å². The van der Waals surface area contributed by atoms with Gasteiger partial charge in [0.25, 0.3) is 0 Å². The Kier molecular flexibility index (Phi) is 2.10. The van der Waals surface area contributed by atoms with Crippen molar-refractivity contribution in [3.8, 4) is 0 Å². The van der Waals surface area contributed by atoms with E-state index in [9.17, 15) is 0 Å². The van der Waals surface area contributed by atoms with Crippen LogP contribution in [0.5, 0.6) is 0 Å². The number of aryl methyl sites for hydroxylation is 1. The van der Waals surface area contributed by atoms with Crippen LogP contribution in [-0.4, -0.2) is 0 Å². The maximum atomic E-state index is 3.77. The fourth-order valence-electron chi connectivity index (χ4n) is 0.629. The lowest BCUT2D eigenvalue weighted by atomic mass is 10.3. The predicted molar refractivity (Wildman–Crippen MR) is 39.1 cm³/mol. The second-order valence-corrected chi connectivity index (χ2v) is 2.72. The van der Waals surface area contributed by atoms with Crippen LogP contribution in [0.4, 0.5) is 0 Å². The van der Waals surface area contributed by atoms with E-state index in [2.05, 4.69) is 24.4 Å². The van der Waals surface area contributed by atoms with Gasteiger partial charge in [0.1, 0.15) is 0 Å². The largest absolute Gasteiger partial charge is 1.00 e. The van der Waals surface area contributed by atoms with Crippen molar-refractivity contribution in [2.24, 2.45) is 0 Å². The molecule has 0 N–H and O–H groups in total. The van der Waals surface area contributed by atoms with Crippen molar-refractivity contribution in [2.75, 3.05) is 0 Å². The normalized spacial score (nSPS) is 9.62. The summed E-state index contributed by atoms with van der Waals surface area (Å²) in [5.74, 6) is 0. The average Bonchev–Trinajstić information content (AvgIpc) is 2.19. The van der Waals surface area contributed by atoms with Crippen LogP contribution in [0, 0.1) is 6.92 Å². The lowest BCUT2D eigenvalue weighted by Crippen LogP contribution is -1.71. The van der Waals surface area contributed by atoms with Gasteiger partial charge in [0, 0.05) is 4.88 Å². The van der Waals surface area contributed by atoms with Crippen LogP contribution < -0.4 is 0 Å². The lowest BCUT2D eigenvalue weighted by molar-refractivity contribution is 1.03. The molecule has 0 aromatic carbocycles. The Labute approximate surface area is 55.7 Å². The molecule has 8 heavy (non-hydrogen) atoms. The zero-order valence-electron chi connectivity index (χ0n) is 5.76. The van der Waals surface area contributed by atoms with Gasteiger partial charge in [-0.2, -0.15) is 0 Å². The first-order valence-corrected chi connectivity index (χ1v) is 3.63. The third-order valence-corrected chi connectivity index (χ3v) is 1.94. The molecular formula is C7H10S+. The highest BCUT2D eigenvalue weighted by atomic mass is 32.1. The molecule has 43 valence electrons. The van der Waals surface area contributed by atoms with Gasteiger partial charge in [0.05, 0.1) is 0 Å². The summed E-state index contributed by atoms with van der Waals surface area (Å²) >= 11 is 1.81. The summed E-state index contributed by atoms with van der Waals surface area (Å²) in [5, 5.41) is 2.10. The molecule has 0 fully saturated rings. The van der Waals surface area contributed by atoms with Crippen LogP contribution in [0.3, 0.4) is 0 Å². The van der Waals surface area contributed by atoms with E-state index in [1.807, 2.05) is 11.3 Å². The molecule has 1 heterocycles. The highest BCUT2D eigenvalue weighted by Crippen LogP contribution is 2.09. The molecule has 0 nitrogen and oxygen atoms in total. The van der Waals surface area contributed by atoms with Crippen LogP contribution in [0.1, 0.15) is 12.7 Å². The molecule has 0 aliphatic heterocycles. The molecule has 0 atom stereocenters. The molecule has 1 radical (unpaired) electrons. The fraction of sp³-hybridized carbons (Fsp3) is 0.286. The average molecular weight is 126 g/mol. The molecule has 0 unspecified atom stereocenters. The minimum atomic E-state index is 0. The molecule has 1 rings (SSSR count). The Morgan fingerprint density at radius 3 is 3.12 bits per heavy atom. The highest BCUT2D eigenvalue weighted by molar-refractivity contribution is 7.09. The number of thiophene rings is 1. The van der Waals surface area contributed by atoms with Crippen LogP contribution in [0.2, 0.25) is 0 Å². The molecule has 0 spiro atoms. The smallest absolute Gasteiger partial charge is 0.149 e. The molecule has 1 heteroatoms. The quantitative estimate of drug-likeness (QED) is 0.571. The van der Waals surface area contributed by atoms with Gasteiger partial charge in [-0.25, -0.2) is 0 Å². The predicted octanol–water partition coefficient (Wildman–Crippen LogP) is 2.63. The highest BCUT2D eigenvalue weighted by Gasteiger charge is 1.87. The van der Waals surface area contributed by atoms with E-state index in [1.165, 1.54) is 4.88 Å². The third kappa shape index (κ3) is 1.34. The van der Waals surface area contributed by atoms with Crippen LogP contribution in [-0.2, 0) is 6.42 Å². The van der Waals surface area contributed by atoms with Crippen molar-refractivity contribution in [3.05, 3.63) is 29.3 Å². The molecule has 1 aromatic heterocycles. The molecule has 0 aliphatic carbocycles. The molecular weight excluding hydrogens is 116 g/mol. The fourth-order valence-corrected chi connectivity index (χ4v) is 1.38. The Morgan fingerprint density at radius 1 is 1.75 bits per heavy atom. The molecule has 0 bridgehead atoms. The molecule has 1 aromatic rings. The van der Waals surface area contributed by atoms with Gasteiger partial charge < -0.3 is 0 Å². The second-order valence-electron chi connectivity index (χ2n) is 1.68. The standard InChI is InChI=1S/C7H9S/c1-2-4-7-5-3-6-8-7/h3,5-6H,1-2,4H2/p+1. The zero-order chi connectivity index (χ0) is 5.82. The van der Waals surface area contributed by atoms with Crippen molar-refractivity contribution in [2.45, 2.75) is 12.8 Å². The van der Waals surface area contributed by atoms with Gasteiger partial charge in [-0.1, -0.05) is 13.0 Å². The summed E-state index contributed by atoms with van der Waals surface area (Å²) in [6.07, 6.45) is 2.15.